The minimum atomic E-state index is -4.75. The van der Waals surface area contributed by atoms with Crippen molar-refractivity contribution in [2.75, 3.05) is 21.3 Å². The highest BCUT2D eigenvalue weighted by atomic mass is 19.4. The molecule has 0 unspecified atom stereocenters. The SMILES string of the molecule is COc1ccc(C(=O)NCc2ccc(F)cc2C(F)(F)F)c(OC)c1OC. The second-order valence-electron chi connectivity index (χ2n) is 5.36. The fourth-order valence-electron chi connectivity index (χ4n) is 2.52. The van der Waals surface area contributed by atoms with E-state index in [-0.39, 0.29) is 22.6 Å². The lowest BCUT2D eigenvalue weighted by atomic mass is 10.1. The smallest absolute Gasteiger partial charge is 0.416 e. The maximum absolute atomic E-state index is 13.2. The summed E-state index contributed by atoms with van der Waals surface area (Å²) in [7, 11) is 4.08. The number of nitrogens with one attached hydrogen (secondary N) is 1. The van der Waals surface area contributed by atoms with Crippen LogP contribution in [-0.2, 0) is 12.7 Å². The second kappa shape index (κ2) is 8.15. The summed E-state index contributed by atoms with van der Waals surface area (Å²) in [6.07, 6.45) is -4.75. The molecule has 0 spiro atoms. The Bertz CT molecular complexity index is 837. The zero-order valence-electron chi connectivity index (χ0n) is 14.7. The number of rotatable bonds is 6. The van der Waals surface area contributed by atoms with E-state index in [1.54, 1.807) is 0 Å². The summed E-state index contributed by atoms with van der Waals surface area (Å²) in [5, 5.41) is 2.37. The number of carbonyl (C=O) groups excluding carboxylic acids is 1. The molecule has 2 aromatic carbocycles. The van der Waals surface area contributed by atoms with Gasteiger partial charge in [-0.3, -0.25) is 4.79 Å². The molecule has 0 fully saturated rings. The highest BCUT2D eigenvalue weighted by Crippen LogP contribution is 2.39. The van der Waals surface area contributed by atoms with Crippen molar-refractivity contribution in [2.45, 2.75) is 12.7 Å². The minimum absolute atomic E-state index is 0.0471. The second-order valence-corrected chi connectivity index (χ2v) is 5.36. The zero-order valence-corrected chi connectivity index (χ0v) is 14.7. The van der Waals surface area contributed by atoms with Crippen LogP contribution in [0, 0.1) is 5.82 Å². The van der Waals surface area contributed by atoms with Gasteiger partial charge in [0.05, 0.1) is 32.5 Å². The summed E-state index contributed by atoms with van der Waals surface area (Å²) < 4.78 is 67.8. The van der Waals surface area contributed by atoms with Gasteiger partial charge in [0.2, 0.25) is 5.75 Å². The number of amides is 1. The molecule has 9 heteroatoms. The normalized spacial score (nSPS) is 11.1. The van der Waals surface area contributed by atoms with Crippen LogP contribution in [0.2, 0.25) is 0 Å². The van der Waals surface area contributed by atoms with E-state index in [9.17, 15) is 22.4 Å². The largest absolute Gasteiger partial charge is 0.493 e. The van der Waals surface area contributed by atoms with Crippen LogP contribution >= 0.6 is 0 Å². The molecule has 0 radical (unpaired) electrons. The van der Waals surface area contributed by atoms with Gasteiger partial charge in [-0.1, -0.05) is 6.07 Å². The number of benzene rings is 2. The lowest BCUT2D eigenvalue weighted by Crippen LogP contribution is -2.25. The molecule has 0 bridgehead atoms. The van der Waals surface area contributed by atoms with E-state index < -0.39 is 30.0 Å². The number of hydrogen-bond acceptors (Lipinski definition) is 4. The first-order valence-corrected chi connectivity index (χ1v) is 7.65. The maximum atomic E-state index is 13.2. The monoisotopic (exact) mass is 387 g/mol. The van der Waals surface area contributed by atoms with Crippen LogP contribution < -0.4 is 19.5 Å². The lowest BCUT2D eigenvalue weighted by molar-refractivity contribution is -0.138. The molecule has 1 N–H and O–H groups in total. The van der Waals surface area contributed by atoms with Crippen molar-refractivity contribution in [3.8, 4) is 17.2 Å². The molecule has 0 heterocycles. The highest BCUT2D eigenvalue weighted by Gasteiger charge is 2.34. The number of halogens is 4. The molecule has 1 amide bonds. The fourth-order valence-corrected chi connectivity index (χ4v) is 2.52. The van der Waals surface area contributed by atoms with Gasteiger partial charge in [-0.2, -0.15) is 13.2 Å². The van der Waals surface area contributed by atoms with Crippen LogP contribution in [-0.4, -0.2) is 27.2 Å². The molecule has 2 aromatic rings. The first-order valence-electron chi connectivity index (χ1n) is 7.65. The van der Waals surface area contributed by atoms with E-state index in [0.717, 1.165) is 12.1 Å². The van der Waals surface area contributed by atoms with Crippen molar-refractivity contribution in [1.29, 1.82) is 0 Å². The first-order chi connectivity index (χ1) is 12.7. The first kappa shape index (κ1) is 20.3. The third-order valence-corrected chi connectivity index (χ3v) is 3.77. The van der Waals surface area contributed by atoms with Gasteiger partial charge in [0.25, 0.3) is 5.91 Å². The van der Waals surface area contributed by atoms with Crippen molar-refractivity contribution in [1.82, 2.24) is 5.32 Å². The van der Waals surface area contributed by atoms with Crippen LogP contribution in [0.15, 0.2) is 30.3 Å². The van der Waals surface area contributed by atoms with Crippen LogP contribution in [0.5, 0.6) is 17.2 Å². The fraction of sp³-hybridized carbons (Fsp3) is 0.278. The lowest BCUT2D eigenvalue weighted by Gasteiger charge is -2.16. The van der Waals surface area contributed by atoms with Gasteiger partial charge >= 0.3 is 6.18 Å². The molecular formula is C18H17F4NO4. The maximum Gasteiger partial charge on any atom is 0.416 e. The van der Waals surface area contributed by atoms with Gasteiger partial charge in [-0.15, -0.1) is 0 Å². The van der Waals surface area contributed by atoms with E-state index in [4.69, 9.17) is 14.2 Å². The Kier molecular flexibility index (Phi) is 6.14. The van der Waals surface area contributed by atoms with Crippen LogP contribution in [0.1, 0.15) is 21.5 Å². The molecule has 0 aliphatic heterocycles. The molecule has 0 saturated heterocycles. The van der Waals surface area contributed by atoms with Crippen LogP contribution in [0.4, 0.5) is 17.6 Å². The standard InChI is InChI=1S/C18H17F4NO4/c1-25-14-7-6-12(15(26-2)16(14)27-3)17(24)23-9-10-4-5-11(19)8-13(10)18(20,21)22/h4-8H,9H2,1-3H3,(H,23,24). The van der Waals surface area contributed by atoms with Gasteiger partial charge in [0.15, 0.2) is 11.5 Å². The van der Waals surface area contributed by atoms with Crippen LogP contribution in [0.3, 0.4) is 0 Å². The number of alkyl halides is 3. The van der Waals surface area contributed by atoms with Gasteiger partial charge in [-0.25, -0.2) is 4.39 Å². The molecule has 0 aliphatic carbocycles. The third-order valence-electron chi connectivity index (χ3n) is 3.77. The minimum Gasteiger partial charge on any atom is -0.493 e. The molecule has 0 atom stereocenters. The number of carbonyl (C=O) groups is 1. The number of ether oxygens (including phenoxy) is 3. The summed E-state index contributed by atoms with van der Waals surface area (Å²) in [4.78, 5) is 12.5. The molecule has 5 nitrogen and oxygen atoms in total. The van der Waals surface area contributed by atoms with Crippen molar-refractivity contribution >= 4 is 5.91 Å². The number of methoxy groups -OCH3 is 3. The summed E-state index contributed by atoms with van der Waals surface area (Å²) >= 11 is 0. The van der Waals surface area contributed by atoms with E-state index in [0.29, 0.717) is 11.8 Å². The Hall–Kier alpha value is -2.97. The average Bonchev–Trinajstić information content (AvgIpc) is 2.64. The van der Waals surface area contributed by atoms with Crippen molar-refractivity contribution in [2.24, 2.45) is 0 Å². The van der Waals surface area contributed by atoms with Crippen molar-refractivity contribution < 1.29 is 36.6 Å². The third kappa shape index (κ3) is 4.42. The summed E-state index contributed by atoms with van der Waals surface area (Å²) in [5.41, 5.74) is -1.37. The van der Waals surface area contributed by atoms with Gasteiger partial charge in [0.1, 0.15) is 5.82 Å². The van der Waals surface area contributed by atoms with E-state index in [1.807, 2.05) is 0 Å². The highest BCUT2D eigenvalue weighted by molar-refractivity contribution is 5.98. The molecular weight excluding hydrogens is 370 g/mol. The predicted molar refractivity (Wildman–Crippen MR) is 88.7 cm³/mol. The van der Waals surface area contributed by atoms with Crippen LogP contribution in [0.25, 0.3) is 0 Å². The summed E-state index contributed by atoms with van der Waals surface area (Å²) in [5.74, 6) is -1.14. The number of hydrogen-bond donors (Lipinski definition) is 1. The Balaban J connectivity index is 2.30. The quantitative estimate of drug-likeness (QED) is 0.766. The Morgan fingerprint density at radius 3 is 2.22 bits per heavy atom. The molecule has 0 aromatic heterocycles. The van der Waals surface area contributed by atoms with E-state index in [1.165, 1.54) is 33.5 Å². The molecule has 146 valence electrons. The molecule has 0 aliphatic rings. The Morgan fingerprint density at radius 1 is 1.00 bits per heavy atom. The summed E-state index contributed by atoms with van der Waals surface area (Å²) in [6.45, 7) is -0.453. The Morgan fingerprint density at radius 2 is 1.67 bits per heavy atom. The predicted octanol–water partition coefficient (Wildman–Crippen LogP) is 3.80. The topological polar surface area (TPSA) is 56.8 Å². The van der Waals surface area contributed by atoms with Gasteiger partial charge < -0.3 is 19.5 Å². The summed E-state index contributed by atoms with van der Waals surface area (Å²) in [6, 6.07) is 5.12. The van der Waals surface area contributed by atoms with Gasteiger partial charge in [-0.05, 0) is 29.8 Å². The molecule has 27 heavy (non-hydrogen) atoms. The molecule has 2 rings (SSSR count). The van der Waals surface area contributed by atoms with Crippen molar-refractivity contribution in [3.05, 3.63) is 52.8 Å². The van der Waals surface area contributed by atoms with Gasteiger partial charge in [0, 0.05) is 6.54 Å². The Labute approximate surface area is 152 Å². The average molecular weight is 387 g/mol. The zero-order chi connectivity index (χ0) is 20.2. The van der Waals surface area contributed by atoms with E-state index in [2.05, 4.69) is 5.32 Å². The molecule has 0 saturated carbocycles. The van der Waals surface area contributed by atoms with Crippen molar-refractivity contribution in [3.63, 3.8) is 0 Å². The van der Waals surface area contributed by atoms with E-state index >= 15 is 0 Å².